The highest BCUT2D eigenvalue weighted by molar-refractivity contribution is 6.16. The molecule has 0 aliphatic rings. The average Bonchev–Trinajstić information content (AvgIpc) is 2.60. The Kier molecular flexibility index (Phi) is 4.24. The molecule has 0 aliphatic heterocycles. The lowest BCUT2D eigenvalue weighted by molar-refractivity contribution is -0.392. The lowest BCUT2D eigenvalue weighted by Gasteiger charge is -2.03. The highest BCUT2D eigenvalue weighted by Gasteiger charge is 2.19. The fourth-order valence-electron chi connectivity index (χ4n) is 1.18. The summed E-state index contributed by atoms with van der Waals surface area (Å²) in [5.74, 6) is -0.160. The highest BCUT2D eigenvalue weighted by Crippen LogP contribution is 2.15. The lowest BCUT2D eigenvalue weighted by Crippen LogP contribution is -2.12. The number of hydrogen-bond donors (Lipinski definition) is 0. The van der Waals surface area contributed by atoms with E-state index >= 15 is 0 Å². The van der Waals surface area contributed by atoms with Gasteiger partial charge in [-0.05, 0) is 4.92 Å². The standard InChI is InChI=1S/C8H10ClN3O4/c1-6(13)16-3-2-11-7(4-9)10-5-8(11)12(14)15/h5H,2-4H2,1H3. The van der Waals surface area contributed by atoms with Crippen molar-refractivity contribution >= 4 is 23.4 Å². The number of imidazole rings is 1. The van der Waals surface area contributed by atoms with Gasteiger partial charge in [-0.25, -0.2) is 9.55 Å². The minimum atomic E-state index is -0.559. The van der Waals surface area contributed by atoms with Gasteiger partial charge in [0.05, 0.1) is 0 Å². The van der Waals surface area contributed by atoms with Crippen LogP contribution in [0.25, 0.3) is 0 Å². The second kappa shape index (κ2) is 5.45. The first kappa shape index (κ1) is 12.4. The lowest BCUT2D eigenvalue weighted by atomic mass is 10.5. The maximum atomic E-state index is 10.6. The smallest absolute Gasteiger partial charge is 0.343 e. The summed E-state index contributed by atoms with van der Waals surface area (Å²) in [6.45, 7) is 1.49. The molecule has 88 valence electrons. The second-order valence-electron chi connectivity index (χ2n) is 2.92. The van der Waals surface area contributed by atoms with Gasteiger partial charge in [-0.1, -0.05) is 0 Å². The van der Waals surface area contributed by atoms with Gasteiger partial charge in [0.15, 0.2) is 0 Å². The summed E-state index contributed by atoms with van der Waals surface area (Å²) in [6, 6.07) is 0. The van der Waals surface area contributed by atoms with Crippen molar-refractivity contribution in [2.75, 3.05) is 6.61 Å². The van der Waals surface area contributed by atoms with Crippen molar-refractivity contribution < 1.29 is 14.5 Å². The SMILES string of the molecule is CC(=O)OCCn1c([N+](=O)[O-])cnc1CCl. The molecule has 0 N–H and O–H groups in total. The van der Waals surface area contributed by atoms with Crippen LogP contribution in [0.3, 0.4) is 0 Å². The van der Waals surface area contributed by atoms with E-state index in [-0.39, 0.29) is 24.8 Å². The normalized spacial score (nSPS) is 10.1. The number of aromatic nitrogens is 2. The molecule has 16 heavy (non-hydrogen) atoms. The van der Waals surface area contributed by atoms with Crippen molar-refractivity contribution in [2.45, 2.75) is 19.3 Å². The molecule has 0 spiro atoms. The molecule has 0 atom stereocenters. The summed E-state index contributed by atoms with van der Waals surface area (Å²) in [7, 11) is 0. The predicted octanol–water partition coefficient (Wildman–Crippen LogP) is 1.09. The molecule has 0 fully saturated rings. The molecule has 0 saturated carbocycles. The molecule has 0 bridgehead atoms. The topological polar surface area (TPSA) is 87.3 Å². The van der Waals surface area contributed by atoms with E-state index in [1.165, 1.54) is 11.5 Å². The van der Waals surface area contributed by atoms with E-state index in [0.29, 0.717) is 5.82 Å². The molecule has 1 heterocycles. The van der Waals surface area contributed by atoms with Gasteiger partial charge >= 0.3 is 11.8 Å². The number of carbonyl (C=O) groups is 1. The fraction of sp³-hybridized carbons (Fsp3) is 0.500. The molecule has 0 saturated heterocycles. The van der Waals surface area contributed by atoms with Crippen LogP contribution in [0.2, 0.25) is 0 Å². The number of alkyl halides is 1. The van der Waals surface area contributed by atoms with Gasteiger partial charge in [-0.15, -0.1) is 11.6 Å². The van der Waals surface area contributed by atoms with Crippen LogP contribution in [0.5, 0.6) is 0 Å². The molecule has 0 radical (unpaired) electrons. The van der Waals surface area contributed by atoms with Crippen LogP contribution in [0.15, 0.2) is 6.20 Å². The molecule has 7 nitrogen and oxygen atoms in total. The first-order chi connectivity index (χ1) is 7.56. The Morgan fingerprint density at radius 3 is 2.94 bits per heavy atom. The second-order valence-corrected chi connectivity index (χ2v) is 3.18. The summed E-state index contributed by atoms with van der Waals surface area (Å²) in [5.41, 5.74) is 0. The molecule has 0 amide bonds. The number of halogens is 1. The number of hydrogen-bond acceptors (Lipinski definition) is 5. The minimum absolute atomic E-state index is 0.0520. The van der Waals surface area contributed by atoms with Gasteiger partial charge in [0, 0.05) is 6.92 Å². The van der Waals surface area contributed by atoms with E-state index in [4.69, 9.17) is 16.3 Å². The van der Waals surface area contributed by atoms with Gasteiger partial charge < -0.3 is 14.9 Å². The van der Waals surface area contributed by atoms with Crippen molar-refractivity contribution in [2.24, 2.45) is 0 Å². The first-order valence-corrected chi connectivity index (χ1v) is 4.97. The summed E-state index contributed by atoms with van der Waals surface area (Å²) in [4.78, 5) is 24.4. The molecule has 0 unspecified atom stereocenters. The van der Waals surface area contributed by atoms with E-state index in [1.54, 1.807) is 0 Å². The minimum Gasteiger partial charge on any atom is -0.462 e. The Morgan fingerprint density at radius 2 is 2.44 bits per heavy atom. The van der Waals surface area contributed by atoms with Crippen LogP contribution < -0.4 is 0 Å². The van der Waals surface area contributed by atoms with Gasteiger partial charge in [-0.2, -0.15) is 0 Å². The van der Waals surface area contributed by atoms with Gasteiger partial charge in [0.25, 0.3) is 0 Å². The first-order valence-electron chi connectivity index (χ1n) is 4.44. The van der Waals surface area contributed by atoms with Gasteiger partial charge in [0.2, 0.25) is 5.82 Å². The largest absolute Gasteiger partial charge is 0.462 e. The summed E-state index contributed by atoms with van der Waals surface area (Å²) in [5, 5.41) is 10.6. The number of nitro groups is 1. The zero-order valence-corrected chi connectivity index (χ0v) is 9.31. The average molecular weight is 248 g/mol. The monoisotopic (exact) mass is 247 g/mol. The maximum absolute atomic E-state index is 10.6. The number of ether oxygens (including phenoxy) is 1. The van der Waals surface area contributed by atoms with Crippen LogP contribution in [-0.2, 0) is 22.0 Å². The van der Waals surface area contributed by atoms with E-state index in [9.17, 15) is 14.9 Å². The Hall–Kier alpha value is -1.63. The Balaban J connectivity index is 2.78. The zero-order valence-electron chi connectivity index (χ0n) is 8.55. The third-order valence-corrected chi connectivity index (χ3v) is 2.08. The summed E-state index contributed by atoms with van der Waals surface area (Å²) >= 11 is 5.58. The van der Waals surface area contributed by atoms with E-state index < -0.39 is 10.9 Å². The van der Waals surface area contributed by atoms with Crippen molar-refractivity contribution in [3.63, 3.8) is 0 Å². The highest BCUT2D eigenvalue weighted by atomic mass is 35.5. The van der Waals surface area contributed by atoms with Crippen molar-refractivity contribution in [3.05, 3.63) is 22.1 Å². The number of esters is 1. The van der Waals surface area contributed by atoms with E-state index in [1.807, 2.05) is 0 Å². The molecule has 8 heteroatoms. The summed E-state index contributed by atoms with van der Waals surface area (Å²) in [6.07, 6.45) is 1.13. The van der Waals surface area contributed by atoms with Crippen LogP contribution in [0, 0.1) is 10.1 Å². The zero-order chi connectivity index (χ0) is 12.1. The molecular weight excluding hydrogens is 238 g/mol. The fourth-order valence-corrected chi connectivity index (χ4v) is 1.39. The van der Waals surface area contributed by atoms with Crippen molar-refractivity contribution in [1.82, 2.24) is 9.55 Å². The van der Waals surface area contributed by atoms with Gasteiger partial charge in [-0.3, -0.25) is 4.79 Å². The summed E-state index contributed by atoms with van der Waals surface area (Å²) < 4.78 is 6.01. The van der Waals surface area contributed by atoms with Crippen molar-refractivity contribution in [3.8, 4) is 0 Å². The third kappa shape index (κ3) is 2.93. The third-order valence-electron chi connectivity index (χ3n) is 1.84. The van der Waals surface area contributed by atoms with Gasteiger partial charge in [0.1, 0.15) is 25.2 Å². The molecular formula is C8H10ClN3O4. The molecule has 0 aliphatic carbocycles. The number of rotatable bonds is 5. The quantitative estimate of drug-likeness (QED) is 0.336. The Morgan fingerprint density at radius 1 is 1.75 bits per heavy atom. The maximum Gasteiger partial charge on any atom is 0.343 e. The Labute approximate surface area is 96.1 Å². The number of carbonyl (C=O) groups excluding carboxylic acids is 1. The Bertz CT molecular complexity index is 404. The van der Waals surface area contributed by atoms with Crippen LogP contribution in [0.4, 0.5) is 5.82 Å². The van der Waals surface area contributed by atoms with Crippen molar-refractivity contribution in [1.29, 1.82) is 0 Å². The molecule has 0 aromatic carbocycles. The van der Waals surface area contributed by atoms with Crippen LogP contribution >= 0.6 is 11.6 Å². The van der Waals surface area contributed by atoms with E-state index in [0.717, 1.165) is 6.20 Å². The van der Waals surface area contributed by atoms with Crippen LogP contribution in [-0.4, -0.2) is 27.1 Å². The van der Waals surface area contributed by atoms with Crippen LogP contribution in [0.1, 0.15) is 12.7 Å². The van der Waals surface area contributed by atoms with E-state index in [2.05, 4.69) is 4.98 Å². The predicted molar refractivity (Wildman–Crippen MR) is 55.1 cm³/mol. The molecule has 1 rings (SSSR count). The molecule has 1 aromatic rings. The molecule has 1 aromatic heterocycles. The number of nitrogens with zero attached hydrogens (tertiary/aromatic N) is 3.